The number of aromatic nitrogens is 3. The van der Waals surface area contributed by atoms with Crippen molar-refractivity contribution in [1.82, 2.24) is 19.9 Å². The van der Waals surface area contributed by atoms with E-state index in [1.807, 2.05) is 30.3 Å². The minimum Gasteiger partial charge on any atom is -0.457 e. The lowest BCUT2D eigenvalue weighted by Crippen LogP contribution is -2.32. The fraction of sp³-hybridized carbons (Fsp3) is 0.148. The Labute approximate surface area is 207 Å². The molecule has 1 atom stereocenters. The summed E-state index contributed by atoms with van der Waals surface area (Å²) in [6, 6.07) is 16.3. The fourth-order valence-electron chi connectivity index (χ4n) is 4.19. The molecule has 9 nitrogen and oxygen atoms in total. The number of nitrogens with one attached hydrogen (secondary N) is 2. The standard InChI is InChI=1S/C27H22N6O3/c1-17(28-2)27(35)33-13-12-19(15-33)32-26-23-22(14-29-25(23)30-16-31-26)24(34)18-8-10-21(11-9-18)36-20-6-4-3-5-7-20/h3-11,14,16,19H,1,12-13,15H2,(H2,29,30,31,32). The highest BCUT2D eigenvalue weighted by molar-refractivity contribution is 6.18. The van der Waals surface area contributed by atoms with Gasteiger partial charge in [0.2, 0.25) is 5.70 Å². The second-order valence-corrected chi connectivity index (χ2v) is 8.36. The number of carbonyl (C=O) groups excluding carboxylic acids is 2. The second kappa shape index (κ2) is 9.72. The van der Waals surface area contributed by atoms with Crippen LogP contribution >= 0.6 is 0 Å². The molecule has 5 rings (SSSR count). The number of nitrogens with zero attached hydrogens (tertiary/aromatic N) is 4. The molecule has 0 aliphatic carbocycles. The lowest BCUT2D eigenvalue weighted by molar-refractivity contribution is -0.125. The van der Waals surface area contributed by atoms with E-state index in [2.05, 4.69) is 31.7 Å². The van der Waals surface area contributed by atoms with Crippen LogP contribution in [-0.4, -0.2) is 50.7 Å². The molecule has 4 aromatic rings. The average Bonchev–Trinajstić information content (AvgIpc) is 3.56. The third kappa shape index (κ3) is 4.52. The van der Waals surface area contributed by atoms with Crippen LogP contribution in [0.5, 0.6) is 11.5 Å². The highest BCUT2D eigenvalue weighted by Crippen LogP contribution is 2.28. The Morgan fingerprint density at radius 2 is 1.86 bits per heavy atom. The zero-order chi connectivity index (χ0) is 25.1. The first-order chi connectivity index (χ1) is 17.5. The van der Waals surface area contributed by atoms with E-state index in [9.17, 15) is 9.59 Å². The minimum absolute atomic E-state index is 0.0853. The number of benzene rings is 2. The van der Waals surface area contributed by atoms with Crippen molar-refractivity contribution in [2.75, 3.05) is 18.4 Å². The molecule has 2 N–H and O–H groups in total. The lowest BCUT2D eigenvalue weighted by atomic mass is 10.0. The number of hydrogen-bond acceptors (Lipinski definition) is 6. The van der Waals surface area contributed by atoms with Gasteiger partial charge in [-0.2, -0.15) is 0 Å². The molecule has 0 radical (unpaired) electrons. The number of likely N-dealkylation sites (tertiary alicyclic amines) is 1. The van der Waals surface area contributed by atoms with Crippen LogP contribution in [0.25, 0.3) is 15.9 Å². The van der Waals surface area contributed by atoms with Crippen molar-refractivity contribution in [3.63, 3.8) is 0 Å². The molecule has 1 aliphatic rings. The maximum Gasteiger partial charge on any atom is 0.252 e. The summed E-state index contributed by atoms with van der Waals surface area (Å²) in [7, 11) is 0. The van der Waals surface area contributed by atoms with Gasteiger partial charge in [-0.05, 0) is 42.8 Å². The van der Waals surface area contributed by atoms with Gasteiger partial charge in [-0.25, -0.2) is 14.8 Å². The molecule has 1 fully saturated rings. The van der Waals surface area contributed by atoms with Gasteiger partial charge in [0.25, 0.3) is 5.91 Å². The van der Waals surface area contributed by atoms with Crippen molar-refractivity contribution >= 4 is 28.5 Å². The van der Waals surface area contributed by atoms with Crippen LogP contribution in [0.3, 0.4) is 0 Å². The van der Waals surface area contributed by atoms with Crippen LogP contribution < -0.4 is 10.1 Å². The van der Waals surface area contributed by atoms with Crippen molar-refractivity contribution in [2.45, 2.75) is 12.5 Å². The van der Waals surface area contributed by atoms with Crippen LogP contribution in [0.1, 0.15) is 22.3 Å². The Hall–Kier alpha value is -4.97. The molecule has 178 valence electrons. The molecular formula is C27H22N6O3. The number of aromatic amines is 1. The molecule has 9 heteroatoms. The predicted octanol–water partition coefficient (Wildman–Crippen LogP) is 4.43. The summed E-state index contributed by atoms with van der Waals surface area (Å²) in [5.41, 5.74) is 1.38. The fourth-order valence-corrected chi connectivity index (χ4v) is 4.19. The zero-order valence-corrected chi connectivity index (χ0v) is 19.3. The Morgan fingerprint density at radius 3 is 2.61 bits per heavy atom. The number of para-hydroxylation sites is 1. The molecule has 0 saturated carbocycles. The van der Waals surface area contributed by atoms with Gasteiger partial charge in [0.15, 0.2) is 5.78 Å². The van der Waals surface area contributed by atoms with Gasteiger partial charge in [0, 0.05) is 30.9 Å². The van der Waals surface area contributed by atoms with Gasteiger partial charge in [-0.1, -0.05) is 24.8 Å². The summed E-state index contributed by atoms with van der Waals surface area (Å²) in [6.45, 7) is 11.4. The SMILES string of the molecule is [C-]#[N+]C(=C)C(=O)N1CCC(Nc2ncnc3[nH]cc(C(=O)c4ccc(Oc5ccccc5)cc4)c23)C1. The van der Waals surface area contributed by atoms with Crippen molar-refractivity contribution in [2.24, 2.45) is 0 Å². The molecule has 1 saturated heterocycles. The van der Waals surface area contributed by atoms with Gasteiger partial charge < -0.3 is 19.9 Å². The van der Waals surface area contributed by atoms with E-state index in [-0.39, 0.29) is 23.4 Å². The monoisotopic (exact) mass is 478 g/mol. The van der Waals surface area contributed by atoms with Crippen molar-refractivity contribution in [3.05, 3.63) is 102 Å². The van der Waals surface area contributed by atoms with Crippen molar-refractivity contribution in [1.29, 1.82) is 0 Å². The summed E-state index contributed by atoms with van der Waals surface area (Å²) in [5.74, 6) is 1.31. The van der Waals surface area contributed by atoms with Crippen LogP contribution in [0, 0.1) is 6.57 Å². The van der Waals surface area contributed by atoms with E-state index >= 15 is 0 Å². The topological polar surface area (TPSA) is 105 Å². The van der Waals surface area contributed by atoms with Gasteiger partial charge in [0.05, 0.1) is 17.5 Å². The number of ether oxygens (including phenoxy) is 1. The van der Waals surface area contributed by atoms with E-state index in [0.717, 1.165) is 0 Å². The number of ketones is 1. The normalized spacial score (nSPS) is 14.9. The number of hydrogen-bond donors (Lipinski definition) is 2. The third-order valence-electron chi connectivity index (χ3n) is 6.01. The largest absolute Gasteiger partial charge is 0.457 e. The summed E-state index contributed by atoms with van der Waals surface area (Å²) in [4.78, 5) is 42.1. The van der Waals surface area contributed by atoms with Gasteiger partial charge in [-0.15, -0.1) is 0 Å². The molecule has 1 amide bonds. The Morgan fingerprint density at radius 1 is 1.11 bits per heavy atom. The van der Waals surface area contributed by atoms with Crippen molar-refractivity contribution in [3.8, 4) is 11.5 Å². The highest BCUT2D eigenvalue weighted by atomic mass is 16.5. The molecule has 0 bridgehead atoms. The Balaban J connectivity index is 1.35. The van der Waals surface area contributed by atoms with Crippen molar-refractivity contribution < 1.29 is 14.3 Å². The smallest absolute Gasteiger partial charge is 0.252 e. The van der Waals surface area contributed by atoms with Gasteiger partial charge in [-0.3, -0.25) is 9.59 Å². The van der Waals surface area contributed by atoms with E-state index < -0.39 is 0 Å². The number of amides is 1. The molecule has 0 spiro atoms. The quantitative estimate of drug-likeness (QED) is 0.231. The molecule has 3 heterocycles. The molecule has 1 unspecified atom stereocenters. The van der Waals surface area contributed by atoms with E-state index in [0.29, 0.717) is 59.0 Å². The van der Waals surface area contributed by atoms with Gasteiger partial charge >= 0.3 is 0 Å². The van der Waals surface area contributed by atoms with Crippen LogP contribution in [0.15, 0.2) is 79.4 Å². The van der Waals surface area contributed by atoms with E-state index in [1.165, 1.54) is 6.33 Å². The van der Waals surface area contributed by atoms with E-state index in [1.54, 1.807) is 35.4 Å². The molecular weight excluding hydrogens is 456 g/mol. The molecule has 1 aliphatic heterocycles. The number of anilines is 1. The number of fused-ring (bicyclic) bond motifs is 1. The second-order valence-electron chi connectivity index (χ2n) is 8.36. The summed E-state index contributed by atoms with van der Waals surface area (Å²) in [5, 5.41) is 3.94. The number of carbonyl (C=O) groups is 2. The summed E-state index contributed by atoms with van der Waals surface area (Å²) < 4.78 is 5.82. The highest BCUT2D eigenvalue weighted by Gasteiger charge is 2.29. The summed E-state index contributed by atoms with van der Waals surface area (Å²) in [6.07, 6.45) is 3.73. The molecule has 36 heavy (non-hydrogen) atoms. The van der Waals surface area contributed by atoms with Crippen LogP contribution in [0.2, 0.25) is 0 Å². The third-order valence-corrected chi connectivity index (χ3v) is 6.01. The Bertz CT molecular complexity index is 1490. The maximum atomic E-state index is 13.4. The first-order valence-corrected chi connectivity index (χ1v) is 11.4. The number of H-pyrrole nitrogens is 1. The van der Waals surface area contributed by atoms with Crippen LogP contribution in [0.4, 0.5) is 5.82 Å². The summed E-state index contributed by atoms with van der Waals surface area (Å²) >= 11 is 0. The maximum absolute atomic E-state index is 13.4. The molecule has 2 aromatic heterocycles. The number of rotatable bonds is 7. The first kappa shape index (κ1) is 22.8. The predicted molar refractivity (Wildman–Crippen MR) is 135 cm³/mol. The molecule has 2 aromatic carbocycles. The zero-order valence-electron chi connectivity index (χ0n) is 19.3. The first-order valence-electron chi connectivity index (χ1n) is 11.4. The minimum atomic E-state index is -0.362. The van der Waals surface area contributed by atoms with Gasteiger partial charge in [0.1, 0.15) is 29.3 Å². The average molecular weight is 479 g/mol. The van der Waals surface area contributed by atoms with E-state index in [4.69, 9.17) is 11.3 Å². The lowest BCUT2D eigenvalue weighted by Gasteiger charge is -2.17. The Kier molecular flexibility index (Phi) is 6.16. The van der Waals surface area contributed by atoms with Crippen LogP contribution in [-0.2, 0) is 4.79 Å².